The Bertz CT molecular complexity index is 603. The van der Waals surface area contributed by atoms with E-state index in [1.165, 1.54) is 0 Å². The predicted molar refractivity (Wildman–Crippen MR) is 56.4 cm³/mol. The van der Waals surface area contributed by atoms with Gasteiger partial charge in [-0.1, -0.05) is 13.0 Å². The Balaban J connectivity index is 2.66. The summed E-state index contributed by atoms with van der Waals surface area (Å²) in [6.07, 6.45) is 0.853. The number of nitrogens with zero attached hydrogens (tertiary/aromatic N) is 1. The summed E-state index contributed by atoms with van der Waals surface area (Å²) < 4.78 is 26.9. The van der Waals surface area contributed by atoms with Crippen LogP contribution in [0.3, 0.4) is 0 Å². The number of rotatable bonds is 2. The van der Waals surface area contributed by atoms with Crippen molar-refractivity contribution in [3.8, 4) is 0 Å². The molecule has 1 heterocycles. The number of hydrogen-bond donors (Lipinski definition) is 0. The number of benzene rings is 1. The van der Waals surface area contributed by atoms with Crippen molar-refractivity contribution in [2.75, 3.05) is 0 Å². The molecular formula is C9H8ClNO3S. The molecule has 2 aromatic rings. The van der Waals surface area contributed by atoms with Gasteiger partial charge in [0.05, 0.1) is 0 Å². The lowest BCUT2D eigenvalue weighted by atomic mass is 10.1. The van der Waals surface area contributed by atoms with Crippen LogP contribution in [0.25, 0.3) is 11.1 Å². The van der Waals surface area contributed by atoms with Crippen LogP contribution in [0.4, 0.5) is 0 Å². The molecule has 0 unspecified atom stereocenters. The zero-order valence-electron chi connectivity index (χ0n) is 7.90. The van der Waals surface area contributed by atoms with Gasteiger partial charge in [0.1, 0.15) is 5.52 Å². The first-order valence-corrected chi connectivity index (χ1v) is 6.66. The third kappa shape index (κ3) is 1.98. The van der Waals surface area contributed by atoms with Crippen molar-refractivity contribution in [1.82, 2.24) is 4.98 Å². The molecule has 1 aromatic heterocycles. The number of oxazole rings is 1. The van der Waals surface area contributed by atoms with Crippen LogP contribution in [0.5, 0.6) is 0 Å². The van der Waals surface area contributed by atoms with Crippen LogP contribution in [0, 0.1) is 0 Å². The molecule has 0 saturated heterocycles. The largest absolute Gasteiger partial charge is 0.427 e. The predicted octanol–water partition coefficient (Wildman–Crippen LogP) is 2.32. The van der Waals surface area contributed by atoms with Gasteiger partial charge in [-0.15, -0.1) is 0 Å². The van der Waals surface area contributed by atoms with E-state index in [1.807, 2.05) is 13.0 Å². The van der Waals surface area contributed by atoms with Gasteiger partial charge in [-0.2, -0.15) is 4.98 Å². The molecular weight excluding hydrogens is 238 g/mol. The molecule has 80 valence electrons. The van der Waals surface area contributed by atoms with Crippen molar-refractivity contribution in [2.45, 2.75) is 18.6 Å². The number of halogens is 1. The van der Waals surface area contributed by atoms with Crippen LogP contribution in [-0.2, 0) is 15.5 Å². The van der Waals surface area contributed by atoms with E-state index < -0.39 is 14.3 Å². The minimum absolute atomic E-state index is 0.423. The molecule has 0 spiro atoms. The highest BCUT2D eigenvalue weighted by Gasteiger charge is 2.18. The molecule has 0 amide bonds. The maximum Gasteiger partial charge on any atom is 0.332 e. The molecule has 0 fully saturated rings. The average molecular weight is 246 g/mol. The number of aryl methyl sites for hydroxylation is 1. The standard InChI is InChI=1S/C9H8ClNO3S/c1-2-6-3-4-8-7(5-6)11-9(14-8)15(10,12)13/h3-5H,2H2,1H3. The Morgan fingerprint density at radius 1 is 1.47 bits per heavy atom. The minimum atomic E-state index is -3.89. The summed E-state index contributed by atoms with van der Waals surface area (Å²) in [5.41, 5.74) is 1.99. The van der Waals surface area contributed by atoms with E-state index in [2.05, 4.69) is 4.98 Å². The third-order valence-electron chi connectivity index (χ3n) is 2.05. The van der Waals surface area contributed by atoms with Gasteiger partial charge >= 0.3 is 14.3 Å². The smallest absolute Gasteiger partial charge is 0.332 e. The SMILES string of the molecule is CCc1ccc2oc(S(=O)(=O)Cl)nc2c1. The Hall–Kier alpha value is -1.07. The van der Waals surface area contributed by atoms with E-state index in [4.69, 9.17) is 15.1 Å². The fourth-order valence-corrected chi connectivity index (χ4v) is 1.87. The molecule has 1 aromatic carbocycles. The van der Waals surface area contributed by atoms with Crippen molar-refractivity contribution < 1.29 is 12.8 Å². The normalized spacial score (nSPS) is 12.1. The number of fused-ring (bicyclic) bond motifs is 1. The fourth-order valence-electron chi connectivity index (χ4n) is 1.28. The van der Waals surface area contributed by atoms with E-state index in [0.29, 0.717) is 11.1 Å². The Morgan fingerprint density at radius 3 is 2.80 bits per heavy atom. The van der Waals surface area contributed by atoms with E-state index in [-0.39, 0.29) is 0 Å². The highest BCUT2D eigenvalue weighted by atomic mass is 35.7. The van der Waals surface area contributed by atoms with Crippen LogP contribution in [0.1, 0.15) is 12.5 Å². The second-order valence-corrected chi connectivity index (χ2v) is 5.52. The lowest BCUT2D eigenvalue weighted by Crippen LogP contribution is -1.88. The summed E-state index contributed by atoms with van der Waals surface area (Å²) >= 11 is 0. The Labute approximate surface area is 91.3 Å². The lowest BCUT2D eigenvalue weighted by Gasteiger charge is -1.92. The molecule has 0 aliphatic rings. The van der Waals surface area contributed by atoms with Gasteiger partial charge in [0.15, 0.2) is 5.58 Å². The second-order valence-electron chi connectivity index (χ2n) is 3.07. The quantitative estimate of drug-likeness (QED) is 0.762. The van der Waals surface area contributed by atoms with Gasteiger partial charge in [0.2, 0.25) is 0 Å². The lowest BCUT2D eigenvalue weighted by molar-refractivity contribution is 0.464. The average Bonchev–Trinajstić information content (AvgIpc) is 2.59. The number of hydrogen-bond acceptors (Lipinski definition) is 4. The first kappa shape index (κ1) is 10.4. The molecule has 2 rings (SSSR count). The first-order chi connectivity index (χ1) is 7.00. The van der Waals surface area contributed by atoms with Crippen molar-refractivity contribution in [2.24, 2.45) is 0 Å². The molecule has 0 aliphatic heterocycles. The Kier molecular flexibility index (Phi) is 2.44. The highest BCUT2D eigenvalue weighted by Crippen LogP contribution is 2.22. The second kappa shape index (κ2) is 3.50. The van der Waals surface area contributed by atoms with Gasteiger partial charge in [-0.3, -0.25) is 0 Å². The molecule has 0 aliphatic carbocycles. The zero-order chi connectivity index (χ0) is 11.1. The van der Waals surface area contributed by atoms with E-state index >= 15 is 0 Å². The van der Waals surface area contributed by atoms with Crippen molar-refractivity contribution >= 4 is 30.8 Å². The summed E-state index contributed by atoms with van der Waals surface area (Å²) in [4.78, 5) is 3.81. The summed E-state index contributed by atoms with van der Waals surface area (Å²) in [6.45, 7) is 2.00. The first-order valence-electron chi connectivity index (χ1n) is 4.35. The molecule has 0 saturated carbocycles. The van der Waals surface area contributed by atoms with Crippen LogP contribution < -0.4 is 0 Å². The fraction of sp³-hybridized carbons (Fsp3) is 0.222. The maximum atomic E-state index is 11.0. The highest BCUT2D eigenvalue weighted by molar-refractivity contribution is 8.13. The minimum Gasteiger partial charge on any atom is -0.427 e. The van der Waals surface area contributed by atoms with Crippen molar-refractivity contribution in [3.05, 3.63) is 23.8 Å². The summed E-state index contributed by atoms with van der Waals surface area (Å²) in [6, 6.07) is 5.33. The molecule has 0 N–H and O–H groups in total. The molecule has 0 bridgehead atoms. The van der Waals surface area contributed by atoms with Crippen LogP contribution in [0.15, 0.2) is 27.8 Å². The van der Waals surface area contributed by atoms with E-state index in [1.54, 1.807) is 12.1 Å². The van der Waals surface area contributed by atoms with Gasteiger partial charge in [0.25, 0.3) is 0 Å². The topological polar surface area (TPSA) is 60.2 Å². The molecule has 0 radical (unpaired) electrons. The molecule has 0 atom stereocenters. The van der Waals surface area contributed by atoms with Crippen LogP contribution >= 0.6 is 10.7 Å². The van der Waals surface area contributed by atoms with E-state index in [9.17, 15) is 8.42 Å². The summed E-state index contributed by atoms with van der Waals surface area (Å²) in [5, 5.41) is -0.451. The van der Waals surface area contributed by atoms with Gasteiger partial charge in [-0.25, -0.2) is 8.42 Å². The monoisotopic (exact) mass is 245 g/mol. The summed E-state index contributed by atoms with van der Waals surface area (Å²) in [7, 11) is 1.23. The third-order valence-corrected chi connectivity index (χ3v) is 3.04. The van der Waals surface area contributed by atoms with Gasteiger partial charge in [-0.05, 0) is 24.1 Å². The molecule has 4 nitrogen and oxygen atoms in total. The van der Waals surface area contributed by atoms with Gasteiger partial charge in [0, 0.05) is 10.7 Å². The van der Waals surface area contributed by atoms with Crippen molar-refractivity contribution in [1.29, 1.82) is 0 Å². The molecule has 6 heteroatoms. The Morgan fingerprint density at radius 2 is 2.20 bits per heavy atom. The van der Waals surface area contributed by atoms with Crippen molar-refractivity contribution in [3.63, 3.8) is 0 Å². The maximum absolute atomic E-state index is 11.0. The van der Waals surface area contributed by atoms with Gasteiger partial charge < -0.3 is 4.42 Å². The zero-order valence-corrected chi connectivity index (χ0v) is 9.47. The van der Waals surface area contributed by atoms with Crippen LogP contribution in [0.2, 0.25) is 0 Å². The van der Waals surface area contributed by atoms with E-state index in [0.717, 1.165) is 12.0 Å². The molecule has 15 heavy (non-hydrogen) atoms. The van der Waals surface area contributed by atoms with Crippen LogP contribution in [-0.4, -0.2) is 13.4 Å². The number of aromatic nitrogens is 1. The summed E-state index contributed by atoms with van der Waals surface area (Å²) in [5.74, 6) is 0.